The third-order valence-corrected chi connectivity index (χ3v) is 2.54. The average molecular weight is 261 g/mol. The first-order chi connectivity index (χ1) is 6.82. The van der Waals surface area contributed by atoms with E-state index in [2.05, 4.69) is 4.74 Å². The SMILES string of the molecule is O=S(=O)(F)c1cccc(Cl)c1OC(F)F. The molecular weight excluding hydrogens is 257 g/mol. The van der Waals surface area contributed by atoms with Gasteiger partial charge in [0, 0.05) is 0 Å². The van der Waals surface area contributed by atoms with Crippen molar-refractivity contribution >= 4 is 21.8 Å². The van der Waals surface area contributed by atoms with E-state index >= 15 is 0 Å². The highest BCUT2D eigenvalue weighted by Gasteiger charge is 2.23. The topological polar surface area (TPSA) is 43.4 Å². The van der Waals surface area contributed by atoms with Crippen molar-refractivity contribution in [1.82, 2.24) is 0 Å². The summed E-state index contributed by atoms with van der Waals surface area (Å²) in [4.78, 5) is -1.02. The summed E-state index contributed by atoms with van der Waals surface area (Å²) in [7, 11) is -5.14. The van der Waals surface area contributed by atoms with Crippen molar-refractivity contribution in [2.24, 2.45) is 0 Å². The van der Waals surface area contributed by atoms with Crippen molar-refractivity contribution < 1.29 is 25.8 Å². The van der Waals surface area contributed by atoms with E-state index in [0.717, 1.165) is 18.2 Å². The molecular formula is C7H4ClF3O3S. The van der Waals surface area contributed by atoms with Crippen LogP contribution in [0.4, 0.5) is 12.7 Å². The number of benzene rings is 1. The molecule has 0 heterocycles. The smallest absolute Gasteiger partial charge is 0.387 e. The van der Waals surface area contributed by atoms with Gasteiger partial charge in [0.1, 0.15) is 4.90 Å². The lowest BCUT2D eigenvalue weighted by Gasteiger charge is -2.08. The summed E-state index contributed by atoms with van der Waals surface area (Å²) in [6.45, 7) is -3.29. The van der Waals surface area contributed by atoms with E-state index < -0.39 is 32.5 Å². The molecule has 0 aromatic heterocycles. The van der Waals surface area contributed by atoms with Crippen molar-refractivity contribution in [3.8, 4) is 5.75 Å². The van der Waals surface area contributed by atoms with E-state index in [1.807, 2.05) is 0 Å². The molecule has 8 heteroatoms. The summed E-state index contributed by atoms with van der Waals surface area (Å²) in [6, 6.07) is 2.99. The summed E-state index contributed by atoms with van der Waals surface area (Å²) in [6.07, 6.45) is 0. The Bertz CT molecular complexity index is 461. The van der Waals surface area contributed by atoms with Crippen LogP contribution < -0.4 is 4.74 Å². The highest BCUT2D eigenvalue weighted by Crippen LogP contribution is 2.33. The molecule has 0 N–H and O–H groups in total. The molecule has 0 fully saturated rings. The molecule has 0 unspecified atom stereocenters. The Kier molecular flexibility index (Phi) is 3.46. The lowest BCUT2D eigenvalue weighted by atomic mass is 10.3. The molecule has 0 amide bonds. The van der Waals surface area contributed by atoms with Crippen molar-refractivity contribution in [3.05, 3.63) is 23.2 Å². The van der Waals surface area contributed by atoms with Gasteiger partial charge < -0.3 is 4.74 Å². The Labute approximate surface area is 88.6 Å². The highest BCUT2D eigenvalue weighted by molar-refractivity contribution is 7.86. The van der Waals surface area contributed by atoms with Gasteiger partial charge in [-0.05, 0) is 12.1 Å². The molecule has 1 aromatic rings. The van der Waals surface area contributed by atoms with Crippen LogP contribution in [0.15, 0.2) is 23.1 Å². The average Bonchev–Trinajstić information content (AvgIpc) is 2.05. The molecule has 84 valence electrons. The molecule has 0 spiro atoms. The van der Waals surface area contributed by atoms with Gasteiger partial charge in [-0.3, -0.25) is 0 Å². The summed E-state index contributed by atoms with van der Waals surface area (Å²) in [5.74, 6) is -0.892. The van der Waals surface area contributed by atoms with Gasteiger partial charge in [0.25, 0.3) is 0 Å². The first-order valence-electron chi connectivity index (χ1n) is 3.50. The molecule has 0 aliphatic rings. The summed E-state index contributed by atoms with van der Waals surface area (Å²) in [5.41, 5.74) is 0. The molecule has 1 aromatic carbocycles. The number of halogens is 4. The van der Waals surface area contributed by atoms with Crippen molar-refractivity contribution in [2.75, 3.05) is 0 Å². The van der Waals surface area contributed by atoms with E-state index in [1.54, 1.807) is 0 Å². The Morgan fingerprint density at radius 3 is 2.40 bits per heavy atom. The van der Waals surface area contributed by atoms with Crippen LogP contribution in [0.25, 0.3) is 0 Å². The summed E-state index contributed by atoms with van der Waals surface area (Å²) < 4.78 is 61.2. The minimum Gasteiger partial charge on any atom is -0.432 e. The van der Waals surface area contributed by atoms with Crippen LogP contribution in [0.2, 0.25) is 5.02 Å². The second kappa shape index (κ2) is 4.28. The number of para-hydroxylation sites is 1. The van der Waals surface area contributed by atoms with Gasteiger partial charge in [0.15, 0.2) is 5.75 Å². The molecule has 0 radical (unpaired) electrons. The predicted molar refractivity (Wildman–Crippen MR) is 46.4 cm³/mol. The fourth-order valence-electron chi connectivity index (χ4n) is 0.885. The van der Waals surface area contributed by atoms with Gasteiger partial charge >= 0.3 is 16.8 Å². The van der Waals surface area contributed by atoms with Crippen molar-refractivity contribution in [1.29, 1.82) is 0 Å². The Balaban J connectivity index is 3.33. The molecule has 15 heavy (non-hydrogen) atoms. The molecule has 0 saturated carbocycles. The van der Waals surface area contributed by atoms with E-state index in [1.165, 1.54) is 0 Å². The van der Waals surface area contributed by atoms with Crippen LogP contribution in [-0.2, 0) is 10.2 Å². The maximum absolute atomic E-state index is 12.6. The monoisotopic (exact) mass is 260 g/mol. The number of hydrogen-bond acceptors (Lipinski definition) is 3. The Morgan fingerprint density at radius 1 is 1.33 bits per heavy atom. The maximum atomic E-state index is 12.6. The minimum absolute atomic E-state index is 0.408. The number of ether oxygens (including phenoxy) is 1. The first kappa shape index (κ1) is 12.1. The second-order valence-corrected chi connectivity index (χ2v) is 4.11. The highest BCUT2D eigenvalue weighted by atomic mass is 35.5. The molecule has 0 bridgehead atoms. The molecule has 0 saturated heterocycles. The zero-order valence-corrected chi connectivity index (χ0v) is 8.53. The molecule has 3 nitrogen and oxygen atoms in total. The van der Waals surface area contributed by atoms with Gasteiger partial charge in [-0.2, -0.15) is 17.2 Å². The fraction of sp³-hybridized carbons (Fsp3) is 0.143. The molecule has 1 rings (SSSR count). The lowest BCUT2D eigenvalue weighted by Crippen LogP contribution is -2.06. The van der Waals surface area contributed by atoms with Gasteiger partial charge in [-0.15, -0.1) is 3.89 Å². The van der Waals surface area contributed by atoms with Crippen LogP contribution in [0.5, 0.6) is 5.75 Å². The quantitative estimate of drug-likeness (QED) is 0.785. The third kappa shape index (κ3) is 3.00. The van der Waals surface area contributed by atoms with Crippen molar-refractivity contribution in [2.45, 2.75) is 11.5 Å². The van der Waals surface area contributed by atoms with Crippen LogP contribution in [0.1, 0.15) is 0 Å². The fourth-order valence-corrected chi connectivity index (χ4v) is 1.78. The molecule has 0 aliphatic heterocycles. The van der Waals surface area contributed by atoms with Crippen molar-refractivity contribution in [3.63, 3.8) is 0 Å². The second-order valence-electron chi connectivity index (χ2n) is 2.38. The number of hydrogen-bond donors (Lipinski definition) is 0. The van der Waals surface area contributed by atoms with E-state index in [4.69, 9.17) is 11.6 Å². The predicted octanol–water partition coefficient (Wildman–Crippen LogP) is 2.60. The Morgan fingerprint density at radius 2 is 1.93 bits per heavy atom. The zero-order chi connectivity index (χ0) is 11.6. The van der Waals surface area contributed by atoms with Gasteiger partial charge in [-0.25, -0.2) is 0 Å². The van der Waals surface area contributed by atoms with Crippen LogP contribution >= 0.6 is 11.6 Å². The number of rotatable bonds is 3. The normalized spacial score (nSPS) is 11.8. The van der Waals surface area contributed by atoms with Crippen LogP contribution in [-0.4, -0.2) is 15.0 Å². The first-order valence-corrected chi connectivity index (χ1v) is 5.26. The van der Waals surface area contributed by atoms with Crippen LogP contribution in [0, 0.1) is 0 Å². The van der Waals surface area contributed by atoms with E-state index in [-0.39, 0.29) is 0 Å². The largest absolute Gasteiger partial charge is 0.432 e. The van der Waals surface area contributed by atoms with E-state index in [9.17, 15) is 21.1 Å². The summed E-state index contributed by atoms with van der Waals surface area (Å²) in [5, 5.41) is -0.408. The molecule has 0 atom stereocenters. The Hall–Kier alpha value is -0.950. The lowest BCUT2D eigenvalue weighted by molar-refractivity contribution is -0.0517. The minimum atomic E-state index is -5.14. The van der Waals surface area contributed by atoms with Gasteiger partial charge in [0.05, 0.1) is 5.02 Å². The summed E-state index contributed by atoms with van der Waals surface area (Å²) >= 11 is 5.39. The third-order valence-electron chi connectivity index (χ3n) is 1.40. The van der Waals surface area contributed by atoms with Gasteiger partial charge in [-0.1, -0.05) is 17.7 Å². The molecule has 0 aliphatic carbocycles. The number of alkyl halides is 2. The zero-order valence-electron chi connectivity index (χ0n) is 6.95. The van der Waals surface area contributed by atoms with Gasteiger partial charge in [0.2, 0.25) is 0 Å². The maximum Gasteiger partial charge on any atom is 0.387 e. The standard InChI is InChI=1S/C7H4ClF3O3S/c8-4-2-1-3-5(15(11,12)13)6(4)14-7(9)10/h1-3,7H. The van der Waals surface area contributed by atoms with Crippen LogP contribution in [0.3, 0.4) is 0 Å². The van der Waals surface area contributed by atoms with E-state index in [0.29, 0.717) is 0 Å².